The lowest BCUT2D eigenvalue weighted by molar-refractivity contribution is -0.118. The number of methoxy groups -OCH3 is 1. The van der Waals surface area contributed by atoms with Crippen LogP contribution in [0.2, 0.25) is 0 Å². The molecule has 0 unspecified atom stereocenters. The number of hydrogen-bond donors (Lipinski definition) is 3. The molecule has 0 aliphatic heterocycles. The van der Waals surface area contributed by atoms with Crippen molar-refractivity contribution in [2.45, 2.75) is 19.9 Å². The maximum atomic E-state index is 12.1. The molecule has 1 amide bonds. The molecule has 0 bridgehead atoms. The Morgan fingerprint density at radius 1 is 1.04 bits per heavy atom. The monoisotopic (exact) mass is 371 g/mol. The molecule has 0 aliphatic rings. The van der Waals surface area contributed by atoms with Gasteiger partial charge in [0, 0.05) is 12.2 Å². The zero-order valence-electron chi connectivity index (χ0n) is 16.3. The molecular weight excluding hydrogens is 342 g/mol. The summed E-state index contributed by atoms with van der Waals surface area (Å²) in [6, 6.07) is 13.4. The van der Waals surface area contributed by atoms with E-state index in [1.165, 1.54) is 0 Å². The van der Waals surface area contributed by atoms with E-state index in [1.807, 2.05) is 56.4 Å². The van der Waals surface area contributed by atoms with Gasteiger partial charge in [0.2, 0.25) is 0 Å². The van der Waals surface area contributed by atoms with Crippen molar-refractivity contribution in [2.75, 3.05) is 39.2 Å². The van der Waals surface area contributed by atoms with Crippen molar-refractivity contribution in [3.05, 3.63) is 53.6 Å². The van der Waals surface area contributed by atoms with Gasteiger partial charge in [-0.05, 0) is 63.3 Å². The molecule has 0 fully saturated rings. The zero-order valence-corrected chi connectivity index (χ0v) is 16.3. The average Bonchev–Trinajstić information content (AvgIpc) is 2.68. The summed E-state index contributed by atoms with van der Waals surface area (Å²) in [6.45, 7) is 4.62. The number of carbonyl (C=O) groups is 1. The minimum Gasteiger partial charge on any atom is -0.493 e. The van der Waals surface area contributed by atoms with Gasteiger partial charge in [0.1, 0.15) is 0 Å². The third kappa shape index (κ3) is 7.29. The Bertz CT molecular complexity index is 717. The van der Waals surface area contributed by atoms with Gasteiger partial charge in [0.25, 0.3) is 5.91 Å². The number of carbonyl (C=O) groups excluding carboxylic acids is 1. The highest BCUT2D eigenvalue weighted by Gasteiger charge is 2.09. The van der Waals surface area contributed by atoms with Gasteiger partial charge in [-0.3, -0.25) is 4.79 Å². The minimum absolute atomic E-state index is 0.0775. The van der Waals surface area contributed by atoms with E-state index in [9.17, 15) is 4.79 Å². The van der Waals surface area contributed by atoms with E-state index in [1.54, 1.807) is 7.11 Å². The van der Waals surface area contributed by atoms with Crippen LogP contribution in [0.1, 0.15) is 17.5 Å². The van der Waals surface area contributed by atoms with Crippen molar-refractivity contribution in [1.82, 2.24) is 10.6 Å². The first-order valence-electron chi connectivity index (χ1n) is 9.14. The number of hydrogen-bond acceptors (Lipinski definition) is 5. The molecule has 6 heteroatoms. The fourth-order valence-electron chi connectivity index (χ4n) is 2.54. The number of nitrogens with one attached hydrogen (secondary N) is 3. The molecule has 0 aromatic heterocycles. The fraction of sp³-hybridized carbons (Fsp3) is 0.381. The van der Waals surface area contributed by atoms with Gasteiger partial charge in [0.05, 0.1) is 7.11 Å². The Hall–Kier alpha value is -2.57. The molecule has 6 nitrogen and oxygen atoms in total. The van der Waals surface area contributed by atoms with E-state index < -0.39 is 0 Å². The number of anilines is 1. The third-order valence-electron chi connectivity index (χ3n) is 4.03. The van der Waals surface area contributed by atoms with Gasteiger partial charge < -0.3 is 25.4 Å². The number of benzene rings is 2. The van der Waals surface area contributed by atoms with Crippen LogP contribution in [0.3, 0.4) is 0 Å². The van der Waals surface area contributed by atoms with Crippen LogP contribution in [0.25, 0.3) is 0 Å². The summed E-state index contributed by atoms with van der Waals surface area (Å²) in [4.78, 5) is 12.1. The van der Waals surface area contributed by atoms with Crippen molar-refractivity contribution in [2.24, 2.45) is 0 Å². The van der Waals surface area contributed by atoms with E-state index in [-0.39, 0.29) is 12.5 Å². The predicted molar refractivity (Wildman–Crippen MR) is 109 cm³/mol. The smallest absolute Gasteiger partial charge is 0.262 e. The highest BCUT2D eigenvalue weighted by atomic mass is 16.5. The van der Waals surface area contributed by atoms with E-state index in [2.05, 4.69) is 16.0 Å². The molecule has 3 N–H and O–H groups in total. The van der Waals surface area contributed by atoms with Crippen molar-refractivity contribution >= 4 is 11.6 Å². The second kappa shape index (κ2) is 11.2. The molecule has 0 atom stereocenters. The summed E-state index contributed by atoms with van der Waals surface area (Å²) in [5.74, 6) is 0.958. The lowest BCUT2D eigenvalue weighted by Gasteiger charge is -2.13. The average molecular weight is 371 g/mol. The third-order valence-corrected chi connectivity index (χ3v) is 4.03. The Balaban J connectivity index is 1.84. The molecule has 2 aromatic rings. The molecule has 2 rings (SSSR count). The van der Waals surface area contributed by atoms with Crippen LogP contribution < -0.4 is 25.4 Å². The summed E-state index contributed by atoms with van der Waals surface area (Å²) >= 11 is 0. The molecule has 27 heavy (non-hydrogen) atoms. The lowest BCUT2D eigenvalue weighted by Crippen LogP contribution is -2.20. The number of amides is 1. The summed E-state index contributed by atoms with van der Waals surface area (Å²) < 4.78 is 11.0. The molecule has 0 saturated carbocycles. The van der Waals surface area contributed by atoms with E-state index >= 15 is 0 Å². The summed E-state index contributed by atoms with van der Waals surface area (Å²) in [5.41, 5.74) is 3.00. The van der Waals surface area contributed by atoms with Gasteiger partial charge in [-0.25, -0.2) is 0 Å². The van der Waals surface area contributed by atoms with Gasteiger partial charge >= 0.3 is 0 Å². The molecule has 2 aromatic carbocycles. The predicted octanol–water partition coefficient (Wildman–Crippen LogP) is 2.72. The molecule has 146 valence electrons. The largest absolute Gasteiger partial charge is 0.493 e. The van der Waals surface area contributed by atoms with Crippen LogP contribution >= 0.6 is 0 Å². The van der Waals surface area contributed by atoms with Crippen LogP contribution in [0.4, 0.5) is 5.69 Å². The molecule has 0 radical (unpaired) electrons. The van der Waals surface area contributed by atoms with Crippen LogP contribution in [-0.4, -0.2) is 39.8 Å². The summed E-state index contributed by atoms with van der Waals surface area (Å²) in [5, 5.41) is 9.32. The highest BCUT2D eigenvalue weighted by molar-refractivity contribution is 5.91. The quantitative estimate of drug-likeness (QED) is 0.530. The zero-order chi connectivity index (χ0) is 19.5. The summed E-state index contributed by atoms with van der Waals surface area (Å²) in [6.07, 6.45) is 1.07. The first-order chi connectivity index (χ1) is 13.1. The van der Waals surface area contributed by atoms with Crippen molar-refractivity contribution in [3.63, 3.8) is 0 Å². The van der Waals surface area contributed by atoms with Crippen molar-refractivity contribution < 1.29 is 14.3 Å². The first kappa shape index (κ1) is 20.7. The number of rotatable bonds is 11. The van der Waals surface area contributed by atoms with Crippen molar-refractivity contribution in [1.29, 1.82) is 0 Å². The number of ether oxygens (including phenoxy) is 2. The van der Waals surface area contributed by atoms with E-state index in [4.69, 9.17) is 9.47 Å². The molecule has 0 heterocycles. The maximum absolute atomic E-state index is 12.1. The van der Waals surface area contributed by atoms with Crippen molar-refractivity contribution in [3.8, 4) is 11.5 Å². The maximum Gasteiger partial charge on any atom is 0.262 e. The molecule has 0 aliphatic carbocycles. The SMILES string of the molecule is CNCCCNCc1ccc(OCC(=O)Nc2ccc(C)cc2)c(OC)c1. The highest BCUT2D eigenvalue weighted by Crippen LogP contribution is 2.28. The Labute approximate surface area is 161 Å². The van der Waals surface area contributed by atoms with Crippen LogP contribution in [0.5, 0.6) is 11.5 Å². The topological polar surface area (TPSA) is 71.6 Å². The van der Waals surface area contributed by atoms with E-state index in [0.29, 0.717) is 11.5 Å². The standard InChI is InChI=1S/C21H29N3O3/c1-16-5-8-18(9-6-16)24-21(25)15-27-19-10-7-17(13-20(19)26-3)14-23-12-4-11-22-2/h5-10,13,22-23H,4,11-12,14-15H2,1-3H3,(H,24,25). The number of aryl methyl sites for hydroxylation is 1. The van der Waals surface area contributed by atoms with Gasteiger partial charge in [0.15, 0.2) is 18.1 Å². The minimum atomic E-state index is -0.212. The Kier molecular flexibility index (Phi) is 8.61. The van der Waals surface area contributed by atoms with Gasteiger partial charge in [-0.1, -0.05) is 23.8 Å². The normalized spacial score (nSPS) is 10.5. The molecule has 0 saturated heterocycles. The lowest BCUT2D eigenvalue weighted by atomic mass is 10.2. The van der Waals surface area contributed by atoms with Gasteiger partial charge in [-0.2, -0.15) is 0 Å². The fourth-order valence-corrected chi connectivity index (χ4v) is 2.54. The Morgan fingerprint density at radius 2 is 1.81 bits per heavy atom. The van der Waals surface area contributed by atoms with Gasteiger partial charge in [-0.15, -0.1) is 0 Å². The van der Waals surface area contributed by atoms with Crippen LogP contribution in [0.15, 0.2) is 42.5 Å². The Morgan fingerprint density at radius 3 is 2.52 bits per heavy atom. The summed E-state index contributed by atoms with van der Waals surface area (Å²) in [7, 11) is 3.54. The first-order valence-corrected chi connectivity index (χ1v) is 9.14. The molecular formula is C21H29N3O3. The van der Waals surface area contributed by atoms with Crippen LogP contribution in [-0.2, 0) is 11.3 Å². The second-order valence-corrected chi connectivity index (χ2v) is 6.32. The van der Waals surface area contributed by atoms with E-state index in [0.717, 1.165) is 42.9 Å². The van der Waals surface area contributed by atoms with Crippen LogP contribution in [0, 0.1) is 6.92 Å². The second-order valence-electron chi connectivity index (χ2n) is 6.32. The molecule has 0 spiro atoms.